The molecule has 0 saturated carbocycles. The molecule has 12 heteroatoms. The van der Waals surface area contributed by atoms with Crippen LogP contribution in [0.1, 0.15) is 0 Å². The topological polar surface area (TPSA) is 38.3 Å². The van der Waals surface area contributed by atoms with Gasteiger partial charge in [-0.15, -0.1) is 0 Å². The van der Waals surface area contributed by atoms with Crippen molar-refractivity contribution >= 4 is 11.6 Å². The van der Waals surface area contributed by atoms with Crippen molar-refractivity contribution in [2.24, 2.45) is 0 Å². The van der Waals surface area contributed by atoms with Gasteiger partial charge in [-0.2, -0.15) is 17.6 Å². The molecule has 0 aromatic heterocycles. The average molecular weight is 341 g/mol. The first-order valence-electron chi connectivity index (χ1n) is 5.02. The number of rotatable bonds is 3. The summed E-state index contributed by atoms with van der Waals surface area (Å²) in [5, 5.41) is 0.630. The Labute approximate surface area is 115 Å². The molecule has 1 aromatic rings. The maximum Gasteiger partial charge on any atom is 0.458 e. The van der Waals surface area contributed by atoms with E-state index in [1.165, 1.54) is 0 Å². The smallest absolute Gasteiger partial charge is 0.335 e. The van der Waals surface area contributed by atoms with E-state index in [2.05, 4.69) is 4.74 Å². The molecule has 0 saturated heterocycles. The minimum absolute atomic E-state index is 0.103. The largest absolute Gasteiger partial charge is 0.458 e. The van der Waals surface area contributed by atoms with Crippen molar-refractivity contribution in [2.45, 2.75) is 12.0 Å². The highest BCUT2D eigenvalue weighted by molar-refractivity contribution is 5.97. The molecule has 1 rings (SSSR count). The number of benzene rings is 1. The number of ether oxygens (including phenoxy) is 1. The summed E-state index contributed by atoms with van der Waals surface area (Å²) < 4.78 is 118. The molecule has 0 aliphatic carbocycles. The quantitative estimate of drug-likeness (QED) is 0.521. The van der Waals surface area contributed by atoms with Gasteiger partial charge in [-0.3, -0.25) is 4.79 Å². The van der Waals surface area contributed by atoms with E-state index < -0.39 is 52.7 Å². The molecule has 1 aromatic carbocycles. The minimum atomic E-state index is -5.98. The van der Waals surface area contributed by atoms with E-state index in [-0.39, 0.29) is 7.11 Å². The second-order valence-corrected chi connectivity index (χ2v) is 3.70. The van der Waals surface area contributed by atoms with Crippen LogP contribution >= 0.6 is 0 Å². The molecule has 1 N–H and O–H groups in total. The molecule has 0 unspecified atom stereocenters. The van der Waals surface area contributed by atoms with Crippen molar-refractivity contribution in [3.8, 4) is 0 Å². The van der Waals surface area contributed by atoms with Crippen LogP contribution in [0.2, 0.25) is 0 Å². The highest BCUT2D eigenvalue weighted by Crippen LogP contribution is 2.36. The lowest BCUT2D eigenvalue weighted by atomic mass is 10.2. The van der Waals surface area contributed by atoms with E-state index in [1.807, 2.05) is 0 Å². The van der Waals surface area contributed by atoms with Crippen LogP contribution in [-0.4, -0.2) is 25.0 Å². The first kappa shape index (κ1) is 18.1. The van der Waals surface area contributed by atoms with E-state index in [4.69, 9.17) is 0 Å². The lowest BCUT2D eigenvalue weighted by molar-refractivity contribution is -0.305. The predicted octanol–water partition coefficient (Wildman–Crippen LogP) is 3.20. The minimum Gasteiger partial charge on any atom is -0.335 e. The van der Waals surface area contributed by atoms with Crippen LogP contribution in [0.5, 0.6) is 0 Å². The Bertz CT molecular complexity index is 586. The molecule has 0 radical (unpaired) electrons. The van der Waals surface area contributed by atoms with E-state index in [0.717, 1.165) is 0 Å². The van der Waals surface area contributed by atoms with Crippen LogP contribution in [-0.2, 0) is 9.53 Å². The molecule has 0 aliphatic rings. The SMILES string of the molecule is CO[C@](F)(C(=O)Nc1c(F)c(F)c(F)c(F)c1F)C(F)(F)F. The van der Waals surface area contributed by atoms with Crippen molar-refractivity contribution in [2.75, 3.05) is 12.4 Å². The number of alkyl halides is 4. The van der Waals surface area contributed by atoms with Gasteiger partial charge in [-0.05, 0) is 0 Å². The third-order valence-electron chi connectivity index (χ3n) is 2.39. The molecule has 22 heavy (non-hydrogen) atoms. The number of hydrogen-bond donors (Lipinski definition) is 1. The normalized spacial score (nSPS) is 14.6. The van der Waals surface area contributed by atoms with Crippen LogP contribution < -0.4 is 5.32 Å². The fourth-order valence-electron chi connectivity index (χ4n) is 1.25. The van der Waals surface area contributed by atoms with Gasteiger partial charge in [0.1, 0.15) is 5.69 Å². The summed E-state index contributed by atoms with van der Waals surface area (Å²) in [4.78, 5) is 11.1. The van der Waals surface area contributed by atoms with Crippen LogP contribution in [0.25, 0.3) is 0 Å². The van der Waals surface area contributed by atoms with Crippen LogP contribution in [0, 0.1) is 29.1 Å². The molecule has 0 aliphatic heterocycles. The standard InChI is InChI=1S/C10H4F9NO2/c1-22-9(16,10(17,18)19)8(21)20-7-5(14)3(12)2(11)4(13)6(7)15/h1H3,(H,20,21)/t9-/m1/s1. The number of nitrogens with one attached hydrogen (secondary N) is 1. The fraction of sp³-hybridized carbons (Fsp3) is 0.300. The van der Waals surface area contributed by atoms with Crippen molar-refractivity contribution in [1.29, 1.82) is 0 Å². The summed E-state index contributed by atoms with van der Waals surface area (Å²) in [7, 11) is 0.103. The molecule has 1 atom stereocenters. The van der Waals surface area contributed by atoms with Crippen LogP contribution in [0.3, 0.4) is 0 Å². The summed E-state index contributed by atoms with van der Waals surface area (Å²) >= 11 is 0. The first-order chi connectivity index (χ1) is 9.88. The molecule has 0 fully saturated rings. The summed E-state index contributed by atoms with van der Waals surface area (Å²) in [6.45, 7) is 0. The van der Waals surface area contributed by atoms with Crippen LogP contribution in [0.4, 0.5) is 45.2 Å². The monoisotopic (exact) mass is 341 g/mol. The Morgan fingerprint density at radius 2 is 1.23 bits per heavy atom. The highest BCUT2D eigenvalue weighted by atomic mass is 19.4. The average Bonchev–Trinajstić information content (AvgIpc) is 2.45. The molecule has 3 nitrogen and oxygen atoms in total. The Balaban J connectivity index is 3.35. The molecule has 124 valence electrons. The molecule has 1 amide bonds. The summed E-state index contributed by atoms with van der Waals surface area (Å²) in [6.07, 6.45) is -5.98. The van der Waals surface area contributed by atoms with Gasteiger partial charge in [0.05, 0.1) is 0 Å². The zero-order valence-corrected chi connectivity index (χ0v) is 10.2. The van der Waals surface area contributed by atoms with E-state index >= 15 is 0 Å². The van der Waals surface area contributed by atoms with Crippen molar-refractivity contribution in [3.63, 3.8) is 0 Å². The number of amides is 1. The Morgan fingerprint density at radius 3 is 1.55 bits per heavy atom. The third-order valence-corrected chi connectivity index (χ3v) is 2.39. The summed E-state index contributed by atoms with van der Waals surface area (Å²) in [5.74, 6) is -20.9. The van der Waals surface area contributed by atoms with Gasteiger partial charge < -0.3 is 10.1 Å². The van der Waals surface area contributed by atoms with Gasteiger partial charge in [0.2, 0.25) is 5.82 Å². The van der Waals surface area contributed by atoms with E-state index in [9.17, 15) is 44.3 Å². The van der Waals surface area contributed by atoms with E-state index in [1.54, 1.807) is 0 Å². The number of methoxy groups -OCH3 is 1. The predicted molar refractivity (Wildman–Crippen MR) is 51.8 cm³/mol. The number of halogens is 9. The van der Waals surface area contributed by atoms with E-state index in [0.29, 0.717) is 5.32 Å². The number of carbonyl (C=O) groups excluding carboxylic acids is 1. The van der Waals surface area contributed by atoms with Crippen molar-refractivity contribution < 1.29 is 49.0 Å². The first-order valence-corrected chi connectivity index (χ1v) is 5.02. The second-order valence-electron chi connectivity index (χ2n) is 3.70. The zero-order chi connectivity index (χ0) is 17.5. The third kappa shape index (κ3) is 2.69. The number of anilines is 1. The number of carbonyl (C=O) groups is 1. The Kier molecular flexibility index (Phi) is 4.65. The lowest BCUT2D eigenvalue weighted by Crippen LogP contribution is -2.52. The Hall–Kier alpha value is -1.98. The fourth-order valence-corrected chi connectivity index (χ4v) is 1.25. The maximum absolute atomic E-state index is 13.4. The second kappa shape index (κ2) is 5.66. The van der Waals surface area contributed by atoms with Gasteiger partial charge >= 0.3 is 12.0 Å². The molecule has 0 spiro atoms. The molecule has 0 heterocycles. The molecular weight excluding hydrogens is 337 g/mol. The molecule has 0 bridgehead atoms. The van der Waals surface area contributed by atoms with Crippen LogP contribution in [0.15, 0.2) is 0 Å². The zero-order valence-electron chi connectivity index (χ0n) is 10.2. The summed E-state index contributed by atoms with van der Waals surface area (Å²) in [6, 6.07) is 0. The van der Waals surface area contributed by atoms with Gasteiger partial charge in [-0.1, -0.05) is 0 Å². The summed E-state index contributed by atoms with van der Waals surface area (Å²) in [5.41, 5.74) is -2.15. The van der Waals surface area contributed by atoms with Crippen molar-refractivity contribution in [3.05, 3.63) is 29.1 Å². The van der Waals surface area contributed by atoms with Gasteiger partial charge in [0, 0.05) is 7.11 Å². The van der Waals surface area contributed by atoms with Gasteiger partial charge in [-0.25, -0.2) is 22.0 Å². The Morgan fingerprint density at radius 1 is 0.864 bits per heavy atom. The van der Waals surface area contributed by atoms with Gasteiger partial charge in [0.25, 0.3) is 5.91 Å². The van der Waals surface area contributed by atoms with Gasteiger partial charge in [0.15, 0.2) is 23.3 Å². The van der Waals surface area contributed by atoms with Crippen molar-refractivity contribution in [1.82, 2.24) is 0 Å². The highest BCUT2D eigenvalue weighted by Gasteiger charge is 2.63. The molecular formula is C10H4F9NO2. The maximum atomic E-state index is 13.4. The lowest BCUT2D eigenvalue weighted by Gasteiger charge is -2.25. The number of hydrogen-bond acceptors (Lipinski definition) is 2.